The van der Waals surface area contributed by atoms with Crippen molar-refractivity contribution in [2.24, 2.45) is 0 Å². The fourth-order valence-electron chi connectivity index (χ4n) is 1.16. The average molecular weight is 216 g/mol. The van der Waals surface area contributed by atoms with Crippen molar-refractivity contribution < 1.29 is 0 Å². The van der Waals surface area contributed by atoms with E-state index in [9.17, 15) is 4.79 Å². The topological polar surface area (TPSA) is 49.0 Å². The van der Waals surface area contributed by atoms with Crippen LogP contribution in [0.4, 0.5) is 5.69 Å². The molecule has 0 aliphatic rings. The maximum atomic E-state index is 11.1. The highest BCUT2D eigenvalue weighted by molar-refractivity contribution is 6.32. The molecule has 78 valence electrons. The van der Waals surface area contributed by atoms with Crippen LogP contribution in [0, 0.1) is 0 Å². The molecule has 1 heterocycles. The van der Waals surface area contributed by atoms with Gasteiger partial charge in [0.1, 0.15) is 5.02 Å². The lowest BCUT2D eigenvalue weighted by atomic mass is 10.3. The molecule has 0 aliphatic heterocycles. The summed E-state index contributed by atoms with van der Waals surface area (Å²) < 4.78 is 0. The average Bonchev–Trinajstić information content (AvgIpc) is 2.18. The lowest BCUT2D eigenvalue weighted by molar-refractivity contribution is 0.763. The molecule has 0 saturated heterocycles. The number of H-pyrrole nitrogens is 1. The Labute approximate surface area is 87.9 Å². The molecule has 4 nitrogen and oxygen atoms in total. The van der Waals surface area contributed by atoms with E-state index in [-0.39, 0.29) is 10.6 Å². The Morgan fingerprint density at radius 2 is 2.36 bits per heavy atom. The monoisotopic (exact) mass is 215 g/mol. The third-order valence-corrected chi connectivity index (χ3v) is 2.40. The van der Waals surface area contributed by atoms with Gasteiger partial charge < -0.3 is 4.90 Å². The molecule has 0 atom stereocenters. The van der Waals surface area contributed by atoms with Crippen LogP contribution in [0.15, 0.2) is 11.0 Å². The number of anilines is 1. The molecule has 5 heteroatoms. The first-order valence-corrected chi connectivity index (χ1v) is 4.99. The Bertz CT molecular complexity index is 350. The van der Waals surface area contributed by atoms with Gasteiger partial charge in [0.25, 0.3) is 5.56 Å². The second kappa shape index (κ2) is 5.00. The van der Waals surface area contributed by atoms with Crippen molar-refractivity contribution in [1.82, 2.24) is 10.2 Å². The Balaban J connectivity index is 2.84. The molecular formula is C9H14ClN3O. The highest BCUT2D eigenvalue weighted by Gasteiger charge is 2.08. The summed E-state index contributed by atoms with van der Waals surface area (Å²) in [4.78, 5) is 13.1. The van der Waals surface area contributed by atoms with Gasteiger partial charge in [-0.2, -0.15) is 5.10 Å². The van der Waals surface area contributed by atoms with Gasteiger partial charge >= 0.3 is 0 Å². The zero-order valence-corrected chi connectivity index (χ0v) is 9.14. The maximum absolute atomic E-state index is 11.1. The highest BCUT2D eigenvalue weighted by Crippen LogP contribution is 2.18. The van der Waals surface area contributed by atoms with Crippen LogP contribution in [0.1, 0.15) is 19.8 Å². The summed E-state index contributed by atoms with van der Waals surface area (Å²) in [5.74, 6) is 0. The summed E-state index contributed by atoms with van der Waals surface area (Å²) in [6.45, 7) is 2.99. The van der Waals surface area contributed by atoms with E-state index in [0.29, 0.717) is 5.69 Å². The minimum Gasteiger partial charge on any atom is -0.372 e. The summed E-state index contributed by atoms with van der Waals surface area (Å²) in [5.41, 5.74) is 0.344. The molecule has 14 heavy (non-hydrogen) atoms. The fourth-order valence-corrected chi connectivity index (χ4v) is 1.39. The second-order valence-electron chi connectivity index (χ2n) is 3.17. The molecule has 0 unspecified atom stereocenters. The zero-order chi connectivity index (χ0) is 10.6. The van der Waals surface area contributed by atoms with E-state index < -0.39 is 0 Å². The standard InChI is InChI=1S/C9H14ClN3O/c1-3-4-5-13(2)7-6-11-12-9(14)8(7)10/h6H,3-5H2,1-2H3,(H,12,14). The van der Waals surface area contributed by atoms with E-state index in [1.807, 2.05) is 11.9 Å². The third-order valence-electron chi connectivity index (χ3n) is 2.04. The van der Waals surface area contributed by atoms with Crippen molar-refractivity contribution in [1.29, 1.82) is 0 Å². The van der Waals surface area contributed by atoms with Gasteiger partial charge in [0.05, 0.1) is 11.9 Å². The smallest absolute Gasteiger partial charge is 0.285 e. The molecular weight excluding hydrogens is 202 g/mol. The summed E-state index contributed by atoms with van der Waals surface area (Å²) in [5, 5.41) is 6.20. The molecule has 0 bridgehead atoms. The lowest BCUT2D eigenvalue weighted by Crippen LogP contribution is -2.22. The molecule has 1 aromatic rings. The second-order valence-corrected chi connectivity index (χ2v) is 3.55. The van der Waals surface area contributed by atoms with Crippen LogP contribution < -0.4 is 10.5 Å². The van der Waals surface area contributed by atoms with E-state index in [0.717, 1.165) is 19.4 Å². The van der Waals surface area contributed by atoms with Crippen LogP contribution in [0.25, 0.3) is 0 Å². The van der Waals surface area contributed by atoms with Crippen molar-refractivity contribution in [3.8, 4) is 0 Å². The highest BCUT2D eigenvalue weighted by atomic mass is 35.5. The number of hydrogen-bond donors (Lipinski definition) is 1. The van der Waals surface area contributed by atoms with Crippen molar-refractivity contribution in [2.45, 2.75) is 19.8 Å². The third kappa shape index (κ3) is 2.48. The van der Waals surface area contributed by atoms with Gasteiger partial charge in [-0.3, -0.25) is 4.79 Å². The van der Waals surface area contributed by atoms with Crippen LogP contribution >= 0.6 is 11.6 Å². The quantitative estimate of drug-likeness (QED) is 0.831. The Hall–Kier alpha value is -1.03. The molecule has 0 aromatic carbocycles. The Morgan fingerprint density at radius 3 is 3.00 bits per heavy atom. The summed E-state index contributed by atoms with van der Waals surface area (Å²) in [7, 11) is 1.90. The number of nitrogens with zero attached hydrogens (tertiary/aromatic N) is 2. The van der Waals surface area contributed by atoms with Crippen LogP contribution in [0.5, 0.6) is 0 Å². The minimum atomic E-state index is -0.340. The molecule has 1 N–H and O–H groups in total. The molecule has 0 saturated carbocycles. The lowest BCUT2D eigenvalue weighted by Gasteiger charge is -2.18. The predicted octanol–water partition coefficient (Wildman–Crippen LogP) is 1.66. The zero-order valence-electron chi connectivity index (χ0n) is 8.38. The van der Waals surface area contributed by atoms with Gasteiger partial charge in [-0.05, 0) is 6.42 Å². The van der Waals surface area contributed by atoms with Gasteiger partial charge in [0, 0.05) is 13.6 Å². The molecule has 1 rings (SSSR count). The normalized spacial score (nSPS) is 10.2. The number of halogens is 1. The van der Waals surface area contributed by atoms with E-state index in [1.54, 1.807) is 6.20 Å². The van der Waals surface area contributed by atoms with Crippen molar-refractivity contribution in [3.63, 3.8) is 0 Å². The van der Waals surface area contributed by atoms with Gasteiger partial charge in [-0.25, -0.2) is 5.10 Å². The van der Waals surface area contributed by atoms with Crippen molar-refractivity contribution in [3.05, 3.63) is 21.6 Å². The SMILES string of the molecule is CCCCN(C)c1cn[nH]c(=O)c1Cl. The Kier molecular flexibility index (Phi) is 3.95. The van der Waals surface area contributed by atoms with E-state index in [4.69, 9.17) is 11.6 Å². The van der Waals surface area contributed by atoms with Crippen LogP contribution in [0.2, 0.25) is 5.02 Å². The van der Waals surface area contributed by atoms with Crippen LogP contribution in [0.3, 0.4) is 0 Å². The number of unbranched alkanes of at least 4 members (excludes halogenated alkanes) is 1. The molecule has 0 aliphatic carbocycles. The van der Waals surface area contributed by atoms with E-state index in [1.165, 1.54) is 0 Å². The molecule has 0 amide bonds. The van der Waals surface area contributed by atoms with Gasteiger partial charge in [-0.1, -0.05) is 24.9 Å². The molecule has 1 aromatic heterocycles. The summed E-state index contributed by atoms with van der Waals surface area (Å²) >= 11 is 5.84. The van der Waals surface area contributed by atoms with Crippen molar-refractivity contribution in [2.75, 3.05) is 18.5 Å². The van der Waals surface area contributed by atoms with Crippen molar-refractivity contribution >= 4 is 17.3 Å². The summed E-state index contributed by atoms with van der Waals surface area (Å²) in [6, 6.07) is 0. The number of rotatable bonds is 4. The first-order chi connectivity index (χ1) is 6.66. The minimum absolute atomic E-state index is 0.207. The van der Waals surface area contributed by atoms with Gasteiger partial charge in [0.2, 0.25) is 0 Å². The van der Waals surface area contributed by atoms with Gasteiger partial charge in [-0.15, -0.1) is 0 Å². The van der Waals surface area contributed by atoms with Crippen LogP contribution in [-0.4, -0.2) is 23.8 Å². The molecule has 0 radical (unpaired) electrons. The fraction of sp³-hybridized carbons (Fsp3) is 0.556. The molecule has 0 fully saturated rings. The molecule has 0 spiro atoms. The van der Waals surface area contributed by atoms with E-state index >= 15 is 0 Å². The van der Waals surface area contributed by atoms with E-state index in [2.05, 4.69) is 17.1 Å². The number of aromatic nitrogens is 2. The summed E-state index contributed by atoms with van der Waals surface area (Å²) in [6.07, 6.45) is 3.75. The first-order valence-electron chi connectivity index (χ1n) is 4.61. The predicted molar refractivity (Wildman–Crippen MR) is 58.0 cm³/mol. The number of hydrogen-bond acceptors (Lipinski definition) is 3. The van der Waals surface area contributed by atoms with Crippen LogP contribution in [-0.2, 0) is 0 Å². The maximum Gasteiger partial charge on any atom is 0.285 e. The Morgan fingerprint density at radius 1 is 1.64 bits per heavy atom. The number of nitrogens with one attached hydrogen (secondary N) is 1. The van der Waals surface area contributed by atoms with Gasteiger partial charge in [0.15, 0.2) is 0 Å². The largest absolute Gasteiger partial charge is 0.372 e. The first kappa shape index (κ1) is 11.0. The number of aromatic amines is 1.